The van der Waals surface area contributed by atoms with Crippen molar-refractivity contribution in [1.29, 1.82) is 0 Å². The first-order chi connectivity index (χ1) is 14.7. The topological polar surface area (TPSA) is 60.8 Å². The Morgan fingerprint density at radius 3 is 2.27 bits per heavy atom. The third kappa shape index (κ3) is 3.53. The van der Waals surface area contributed by atoms with Gasteiger partial charge in [0.05, 0.1) is 12.1 Å². The van der Waals surface area contributed by atoms with Crippen LogP contribution in [0.4, 0.5) is 0 Å². The van der Waals surface area contributed by atoms with Crippen LogP contribution in [-0.4, -0.2) is 27.0 Å². The van der Waals surface area contributed by atoms with E-state index in [-0.39, 0.29) is 0 Å². The predicted molar refractivity (Wildman–Crippen MR) is 117 cm³/mol. The maximum atomic E-state index is 6.45. The molecule has 0 aliphatic heterocycles. The third-order valence-corrected chi connectivity index (χ3v) is 5.76. The molecule has 30 heavy (non-hydrogen) atoms. The number of hydrogen-bond donors (Lipinski definition) is 0. The monoisotopic (exact) mass is 414 g/mol. The van der Waals surface area contributed by atoms with Gasteiger partial charge in [0.15, 0.2) is 11.6 Å². The summed E-state index contributed by atoms with van der Waals surface area (Å²) in [5.74, 6) is 2.50. The molecular weight excluding hydrogens is 396 g/mol. The summed E-state index contributed by atoms with van der Waals surface area (Å²) in [5.41, 5.74) is 4.65. The first-order valence-electron chi connectivity index (χ1n) is 9.77. The van der Waals surface area contributed by atoms with Crippen LogP contribution in [0.1, 0.15) is 29.4 Å². The normalized spacial score (nSPS) is 17.5. The summed E-state index contributed by atoms with van der Waals surface area (Å²) in [5, 5.41) is 0.618. The summed E-state index contributed by atoms with van der Waals surface area (Å²) in [6.07, 6.45) is 8.19. The maximum absolute atomic E-state index is 6.45. The van der Waals surface area contributed by atoms with E-state index >= 15 is 0 Å². The van der Waals surface area contributed by atoms with Crippen LogP contribution in [0, 0.1) is 0 Å². The minimum atomic E-state index is 0.365. The van der Waals surface area contributed by atoms with E-state index in [0.717, 1.165) is 23.1 Å². The minimum Gasteiger partial charge on any atom is -0.495 e. The minimum absolute atomic E-state index is 0.365. The molecular formula is C24H19ClN4O. The zero-order chi connectivity index (χ0) is 20.5. The van der Waals surface area contributed by atoms with Crippen LogP contribution in [0.3, 0.4) is 0 Å². The molecule has 0 N–H and O–H groups in total. The van der Waals surface area contributed by atoms with Gasteiger partial charge in [0, 0.05) is 24.8 Å². The molecule has 0 amide bonds. The van der Waals surface area contributed by atoms with Gasteiger partial charge in [0.1, 0.15) is 5.75 Å². The first-order valence-corrected chi connectivity index (χ1v) is 10.1. The Kier molecular flexibility index (Phi) is 4.89. The van der Waals surface area contributed by atoms with Crippen LogP contribution >= 0.6 is 11.6 Å². The Morgan fingerprint density at radius 2 is 1.57 bits per heavy atom. The average Bonchev–Trinajstić information content (AvgIpc) is 3.61. The molecule has 2 aromatic heterocycles. The van der Waals surface area contributed by atoms with Crippen molar-refractivity contribution < 1.29 is 4.74 Å². The van der Waals surface area contributed by atoms with E-state index in [2.05, 4.69) is 38.1 Å². The number of nitrogens with zero attached hydrogens (tertiary/aromatic N) is 4. The quantitative estimate of drug-likeness (QED) is 0.429. The first kappa shape index (κ1) is 18.7. The van der Waals surface area contributed by atoms with Gasteiger partial charge in [-0.1, -0.05) is 41.9 Å². The van der Waals surface area contributed by atoms with Crippen molar-refractivity contribution in [3.8, 4) is 28.5 Å². The molecule has 4 aromatic rings. The second-order valence-electron chi connectivity index (χ2n) is 7.30. The standard InChI is InChI=1S/C24H19ClN4O/c1-30-22-12-20(18(11-21(22)25)15-6-3-2-4-7-15)19-10-17(19)16-13-28-24(29-14-16)23-26-8-5-9-27-23/h2-9,11-14,17,19H,10H2,1H3. The second-order valence-corrected chi connectivity index (χ2v) is 7.71. The Labute approximate surface area is 179 Å². The van der Waals surface area contributed by atoms with Gasteiger partial charge < -0.3 is 4.74 Å². The van der Waals surface area contributed by atoms with Crippen LogP contribution in [0.15, 0.2) is 73.3 Å². The van der Waals surface area contributed by atoms with Crippen molar-refractivity contribution in [2.75, 3.05) is 7.11 Å². The maximum Gasteiger partial charge on any atom is 0.197 e. The molecule has 6 heteroatoms. The number of hydrogen-bond acceptors (Lipinski definition) is 5. The van der Waals surface area contributed by atoms with Crippen molar-refractivity contribution >= 4 is 11.6 Å². The highest BCUT2D eigenvalue weighted by molar-refractivity contribution is 6.32. The number of benzene rings is 2. The summed E-state index contributed by atoms with van der Waals surface area (Å²) in [4.78, 5) is 17.4. The molecule has 2 aromatic carbocycles. The molecule has 1 fully saturated rings. The molecule has 5 rings (SSSR count). The van der Waals surface area contributed by atoms with E-state index in [1.54, 1.807) is 25.6 Å². The smallest absolute Gasteiger partial charge is 0.197 e. The molecule has 0 bridgehead atoms. The molecule has 148 valence electrons. The van der Waals surface area contributed by atoms with Gasteiger partial charge in [-0.05, 0) is 58.7 Å². The number of rotatable bonds is 5. The summed E-state index contributed by atoms with van der Waals surface area (Å²) in [6, 6.07) is 16.2. The van der Waals surface area contributed by atoms with Gasteiger partial charge >= 0.3 is 0 Å². The summed E-state index contributed by atoms with van der Waals surface area (Å²) in [7, 11) is 1.65. The summed E-state index contributed by atoms with van der Waals surface area (Å²) < 4.78 is 5.49. The lowest BCUT2D eigenvalue weighted by Gasteiger charge is -2.14. The van der Waals surface area contributed by atoms with E-state index in [1.807, 2.05) is 36.7 Å². The molecule has 0 radical (unpaired) electrons. The van der Waals surface area contributed by atoms with Gasteiger partial charge in [-0.15, -0.1) is 0 Å². The highest BCUT2D eigenvalue weighted by Crippen LogP contribution is 2.57. The van der Waals surface area contributed by atoms with Gasteiger partial charge in [-0.2, -0.15) is 0 Å². The van der Waals surface area contributed by atoms with Crippen molar-refractivity contribution in [2.24, 2.45) is 0 Å². The average molecular weight is 415 g/mol. The van der Waals surface area contributed by atoms with Crippen LogP contribution < -0.4 is 4.74 Å². The van der Waals surface area contributed by atoms with Crippen molar-refractivity contribution in [1.82, 2.24) is 19.9 Å². The number of methoxy groups -OCH3 is 1. The fourth-order valence-corrected chi connectivity index (χ4v) is 4.11. The molecule has 1 aliphatic carbocycles. The van der Waals surface area contributed by atoms with Crippen molar-refractivity contribution in [3.63, 3.8) is 0 Å². The second kappa shape index (κ2) is 7.84. The zero-order valence-electron chi connectivity index (χ0n) is 16.4. The lowest BCUT2D eigenvalue weighted by atomic mass is 9.95. The summed E-state index contributed by atoms with van der Waals surface area (Å²) >= 11 is 6.45. The Bertz CT molecular complexity index is 1170. The number of halogens is 1. The van der Waals surface area contributed by atoms with Crippen LogP contribution in [0.2, 0.25) is 5.02 Å². The molecule has 5 nitrogen and oxygen atoms in total. The van der Waals surface area contributed by atoms with Crippen LogP contribution in [0.5, 0.6) is 5.75 Å². The SMILES string of the molecule is COc1cc(C2CC2c2cnc(-c3ncccn3)nc2)c(-c2ccccc2)cc1Cl. The molecule has 1 saturated carbocycles. The lowest BCUT2D eigenvalue weighted by Crippen LogP contribution is -1.96. The lowest BCUT2D eigenvalue weighted by molar-refractivity contribution is 0.414. The highest BCUT2D eigenvalue weighted by Gasteiger charge is 2.41. The van der Waals surface area contributed by atoms with Gasteiger partial charge in [-0.3, -0.25) is 0 Å². The molecule has 0 spiro atoms. The highest BCUT2D eigenvalue weighted by atomic mass is 35.5. The number of aromatic nitrogens is 4. The molecule has 2 atom stereocenters. The number of ether oxygens (including phenoxy) is 1. The Morgan fingerprint density at radius 1 is 0.867 bits per heavy atom. The predicted octanol–water partition coefficient (Wildman–Crippen LogP) is 5.53. The zero-order valence-corrected chi connectivity index (χ0v) is 17.1. The largest absolute Gasteiger partial charge is 0.495 e. The van der Waals surface area contributed by atoms with Gasteiger partial charge in [0.25, 0.3) is 0 Å². The molecule has 1 aliphatic rings. The van der Waals surface area contributed by atoms with E-state index in [9.17, 15) is 0 Å². The van der Waals surface area contributed by atoms with E-state index < -0.39 is 0 Å². The van der Waals surface area contributed by atoms with E-state index in [0.29, 0.717) is 34.3 Å². The van der Waals surface area contributed by atoms with E-state index in [4.69, 9.17) is 16.3 Å². The molecule has 2 unspecified atom stereocenters. The summed E-state index contributed by atoms with van der Waals surface area (Å²) in [6.45, 7) is 0. The van der Waals surface area contributed by atoms with Crippen molar-refractivity contribution in [2.45, 2.75) is 18.3 Å². The molecule has 2 heterocycles. The van der Waals surface area contributed by atoms with Gasteiger partial charge in [-0.25, -0.2) is 19.9 Å². The van der Waals surface area contributed by atoms with E-state index in [1.165, 1.54) is 5.56 Å². The van der Waals surface area contributed by atoms with Crippen LogP contribution in [0.25, 0.3) is 22.8 Å². The van der Waals surface area contributed by atoms with Crippen LogP contribution in [-0.2, 0) is 0 Å². The van der Waals surface area contributed by atoms with Gasteiger partial charge in [0.2, 0.25) is 0 Å². The fraction of sp³-hybridized carbons (Fsp3) is 0.167. The van der Waals surface area contributed by atoms with Crippen molar-refractivity contribution in [3.05, 3.63) is 89.5 Å². The fourth-order valence-electron chi connectivity index (χ4n) is 3.87. The molecule has 0 saturated heterocycles. The third-order valence-electron chi connectivity index (χ3n) is 5.46. The Balaban J connectivity index is 1.46. The Hall–Kier alpha value is -3.31.